The average molecular weight is 316 g/mol. The molecule has 90 valence electrons. The Balaban J connectivity index is 2.35. The van der Waals surface area contributed by atoms with E-state index in [2.05, 4.69) is 20.9 Å². The first-order valence-electron chi connectivity index (χ1n) is 4.95. The van der Waals surface area contributed by atoms with E-state index in [9.17, 15) is 4.39 Å². The lowest BCUT2D eigenvalue weighted by atomic mass is 10.3. The first-order valence-corrected chi connectivity index (χ1v) is 6.56. The summed E-state index contributed by atoms with van der Waals surface area (Å²) in [4.78, 5) is 6.90. The molecule has 0 aliphatic rings. The summed E-state index contributed by atoms with van der Waals surface area (Å²) in [5.74, 6) is -0.278. The summed E-state index contributed by atoms with van der Waals surface area (Å²) in [7, 11) is 1.78. The maximum absolute atomic E-state index is 13.7. The lowest BCUT2D eigenvalue weighted by Gasteiger charge is -2.16. The molecule has 1 heterocycles. The summed E-state index contributed by atoms with van der Waals surface area (Å²) < 4.78 is 14.5. The van der Waals surface area contributed by atoms with Gasteiger partial charge in [0.1, 0.15) is 5.82 Å². The standard InChI is InChI=1S/C11H11BrFN3S/c1-16(11-15-6-8(5-14)17-11)10-4-7(12)2-3-9(10)13/h2-4,6H,5,14H2,1H3. The highest BCUT2D eigenvalue weighted by Crippen LogP contribution is 2.31. The summed E-state index contributed by atoms with van der Waals surface area (Å²) in [5, 5.41) is 0.724. The van der Waals surface area contributed by atoms with Gasteiger partial charge in [0.15, 0.2) is 5.13 Å². The number of nitrogens with zero attached hydrogens (tertiary/aromatic N) is 2. The van der Waals surface area contributed by atoms with Crippen LogP contribution in [-0.2, 0) is 6.54 Å². The van der Waals surface area contributed by atoms with Crippen molar-refractivity contribution in [3.05, 3.63) is 39.6 Å². The molecule has 2 rings (SSSR count). The topological polar surface area (TPSA) is 42.2 Å². The molecule has 0 spiro atoms. The third-order valence-electron chi connectivity index (χ3n) is 2.30. The fourth-order valence-electron chi connectivity index (χ4n) is 1.39. The molecule has 0 bridgehead atoms. The smallest absolute Gasteiger partial charge is 0.189 e. The molecule has 0 unspecified atom stereocenters. The molecule has 1 aromatic heterocycles. The zero-order chi connectivity index (χ0) is 12.4. The molecule has 0 saturated carbocycles. The van der Waals surface area contributed by atoms with Crippen LogP contribution in [0, 0.1) is 5.82 Å². The lowest BCUT2D eigenvalue weighted by Crippen LogP contribution is -2.10. The third-order valence-corrected chi connectivity index (χ3v) is 3.89. The van der Waals surface area contributed by atoms with Gasteiger partial charge >= 0.3 is 0 Å². The average Bonchev–Trinajstić information content (AvgIpc) is 2.80. The van der Waals surface area contributed by atoms with Gasteiger partial charge in [-0.2, -0.15) is 0 Å². The highest BCUT2D eigenvalue weighted by Gasteiger charge is 2.13. The number of nitrogens with two attached hydrogens (primary N) is 1. The molecule has 3 nitrogen and oxygen atoms in total. The highest BCUT2D eigenvalue weighted by molar-refractivity contribution is 9.10. The number of thiazole rings is 1. The third kappa shape index (κ3) is 2.65. The van der Waals surface area contributed by atoms with Crippen LogP contribution in [-0.4, -0.2) is 12.0 Å². The van der Waals surface area contributed by atoms with Crippen molar-refractivity contribution in [2.75, 3.05) is 11.9 Å². The van der Waals surface area contributed by atoms with Crippen molar-refractivity contribution in [2.24, 2.45) is 5.73 Å². The maximum atomic E-state index is 13.7. The SMILES string of the molecule is CN(c1ncc(CN)s1)c1cc(Br)ccc1F. The normalized spacial score (nSPS) is 10.6. The van der Waals surface area contributed by atoms with Gasteiger partial charge in [-0.3, -0.25) is 0 Å². The van der Waals surface area contributed by atoms with Crippen LogP contribution < -0.4 is 10.6 Å². The van der Waals surface area contributed by atoms with Crippen LogP contribution in [0.1, 0.15) is 4.88 Å². The largest absolute Gasteiger partial charge is 0.326 e. The highest BCUT2D eigenvalue weighted by atomic mass is 79.9. The van der Waals surface area contributed by atoms with E-state index in [1.165, 1.54) is 17.4 Å². The molecule has 0 radical (unpaired) electrons. The van der Waals surface area contributed by atoms with Crippen LogP contribution in [0.15, 0.2) is 28.9 Å². The van der Waals surface area contributed by atoms with Crippen LogP contribution in [0.5, 0.6) is 0 Å². The summed E-state index contributed by atoms with van der Waals surface area (Å²) in [6, 6.07) is 4.81. The maximum Gasteiger partial charge on any atom is 0.189 e. The fourth-order valence-corrected chi connectivity index (χ4v) is 2.51. The van der Waals surface area contributed by atoms with Gasteiger partial charge in [-0.15, -0.1) is 11.3 Å². The van der Waals surface area contributed by atoms with Crippen molar-refractivity contribution in [2.45, 2.75) is 6.54 Å². The van der Waals surface area contributed by atoms with Gasteiger partial charge < -0.3 is 10.6 Å². The van der Waals surface area contributed by atoms with Gasteiger partial charge in [-0.05, 0) is 18.2 Å². The molecule has 17 heavy (non-hydrogen) atoms. The van der Waals surface area contributed by atoms with Crippen LogP contribution >= 0.6 is 27.3 Å². The van der Waals surface area contributed by atoms with Gasteiger partial charge in [0.25, 0.3) is 0 Å². The van der Waals surface area contributed by atoms with E-state index < -0.39 is 0 Å². The Kier molecular flexibility index (Phi) is 3.76. The lowest BCUT2D eigenvalue weighted by molar-refractivity contribution is 0.627. The quantitative estimate of drug-likeness (QED) is 0.945. The monoisotopic (exact) mass is 315 g/mol. The zero-order valence-corrected chi connectivity index (χ0v) is 11.6. The second-order valence-corrected chi connectivity index (χ2v) is 5.48. The van der Waals surface area contributed by atoms with Gasteiger partial charge in [0, 0.05) is 29.1 Å². The summed E-state index contributed by atoms with van der Waals surface area (Å²) in [6.45, 7) is 0.451. The van der Waals surface area contributed by atoms with Crippen molar-refractivity contribution < 1.29 is 4.39 Å². The Morgan fingerprint density at radius 1 is 1.53 bits per heavy atom. The molecule has 2 aromatic rings. The van der Waals surface area contributed by atoms with E-state index in [0.717, 1.165) is 14.5 Å². The first kappa shape index (κ1) is 12.5. The van der Waals surface area contributed by atoms with Crippen LogP contribution in [0.25, 0.3) is 0 Å². The molecular weight excluding hydrogens is 305 g/mol. The van der Waals surface area contributed by atoms with Gasteiger partial charge in [0.2, 0.25) is 0 Å². The Morgan fingerprint density at radius 2 is 2.29 bits per heavy atom. The van der Waals surface area contributed by atoms with Crippen LogP contribution in [0.3, 0.4) is 0 Å². The Labute approximate surface area is 111 Å². The molecule has 0 aliphatic heterocycles. The fraction of sp³-hybridized carbons (Fsp3) is 0.182. The van der Waals surface area contributed by atoms with Gasteiger partial charge in [-0.25, -0.2) is 9.37 Å². The number of aromatic nitrogens is 1. The minimum atomic E-state index is -0.278. The Hall–Kier alpha value is -0.980. The number of halogens is 2. The second-order valence-electron chi connectivity index (χ2n) is 3.47. The molecule has 0 atom stereocenters. The van der Waals surface area contributed by atoms with Crippen LogP contribution in [0.2, 0.25) is 0 Å². The van der Waals surface area contributed by atoms with Crippen molar-refractivity contribution in [1.29, 1.82) is 0 Å². The number of rotatable bonds is 3. The molecule has 1 aromatic carbocycles. The minimum Gasteiger partial charge on any atom is -0.326 e. The predicted octanol–water partition coefficient (Wildman–Crippen LogP) is 3.27. The first-order chi connectivity index (χ1) is 8.11. The Bertz CT molecular complexity index is 529. The number of benzene rings is 1. The van der Waals surface area contributed by atoms with Crippen molar-refractivity contribution >= 4 is 38.1 Å². The van der Waals surface area contributed by atoms with E-state index in [0.29, 0.717) is 12.2 Å². The van der Waals surface area contributed by atoms with Crippen molar-refractivity contribution in [1.82, 2.24) is 4.98 Å². The van der Waals surface area contributed by atoms with E-state index in [4.69, 9.17) is 5.73 Å². The van der Waals surface area contributed by atoms with Crippen molar-refractivity contribution in [3.63, 3.8) is 0 Å². The Morgan fingerprint density at radius 3 is 2.94 bits per heavy atom. The second kappa shape index (κ2) is 5.12. The van der Waals surface area contributed by atoms with Crippen molar-refractivity contribution in [3.8, 4) is 0 Å². The number of anilines is 2. The zero-order valence-electron chi connectivity index (χ0n) is 9.15. The molecule has 0 saturated heterocycles. The number of hydrogen-bond acceptors (Lipinski definition) is 4. The summed E-state index contributed by atoms with van der Waals surface area (Å²) in [6.07, 6.45) is 1.71. The van der Waals surface area contributed by atoms with E-state index in [1.807, 2.05) is 0 Å². The molecule has 6 heteroatoms. The molecule has 2 N–H and O–H groups in total. The van der Waals surface area contributed by atoms with E-state index >= 15 is 0 Å². The van der Waals surface area contributed by atoms with Crippen LogP contribution in [0.4, 0.5) is 15.2 Å². The summed E-state index contributed by atoms with van der Waals surface area (Å²) >= 11 is 4.78. The van der Waals surface area contributed by atoms with Gasteiger partial charge in [0.05, 0.1) is 5.69 Å². The molecular formula is C11H11BrFN3S. The number of hydrogen-bond donors (Lipinski definition) is 1. The summed E-state index contributed by atoms with van der Waals surface area (Å²) in [5.41, 5.74) is 6.01. The van der Waals surface area contributed by atoms with E-state index in [1.54, 1.807) is 30.3 Å². The predicted molar refractivity (Wildman–Crippen MR) is 72.2 cm³/mol. The minimum absolute atomic E-state index is 0.278. The molecule has 0 fully saturated rings. The van der Waals surface area contributed by atoms with E-state index in [-0.39, 0.29) is 5.82 Å². The van der Waals surface area contributed by atoms with Gasteiger partial charge in [-0.1, -0.05) is 15.9 Å². The molecule has 0 amide bonds. The molecule has 0 aliphatic carbocycles.